The van der Waals surface area contributed by atoms with Gasteiger partial charge in [-0.2, -0.15) is 0 Å². The van der Waals surface area contributed by atoms with E-state index in [1.165, 1.54) is 30.4 Å². The Morgan fingerprint density at radius 3 is 2.56 bits per heavy atom. The predicted molar refractivity (Wildman–Crippen MR) is 73.9 cm³/mol. The Balaban J connectivity index is 2.22. The summed E-state index contributed by atoms with van der Waals surface area (Å²) in [6, 6.07) is 4.36. The molecule has 1 saturated carbocycles. The molecule has 2 aromatic rings. The second kappa shape index (κ2) is 4.01. The lowest BCUT2D eigenvalue weighted by Crippen LogP contribution is -2.19. The van der Waals surface area contributed by atoms with Gasteiger partial charge in [-0.15, -0.1) is 0 Å². The molecule has 0 bridgehead atoms. The lowest BCUT2D eigenvalue weighted by atomic mass is 9.80. The van der Waals surface area contributed by atoms with Crippen LogP contribution in [0.4, 0.5) is 0 Å². The van der Waals surface area contributed by atoms with Crippen LogP contribution in [0, 0.1) is 12.8 Å². The van der Waals surface area contributed by atoms with Crippen LogP contribution in [0.3, 0.4) is 0 Å². The van der Waals surface area contributed by atoms with Gasteiger partial charge in [-0.1, -0.05) is 25.3 Å². The zero-order valence-corrected chi connectivity index (χ0v) is 11.4. The molecular weight excluding hydrogens is 224 g/mol. The zero-order valence-electron chi connectivity index (χ0n) is 11.4. The fraction of sp³-hybridized carbons (Fsp3) is 0.533. The van der Waals surface area contributed by atoms with Crippen molar-refractivity contribution in [2.24, 2.45) is 20.0 Å². The Hall–Kier alpha value is -1.51. The zero-order chi connectivity index (χ0) is 12.9. The third-order valence-electron chi connectivity index (χ3n) is 4.32. The summed E-state index contributed by atoms with van der Waals surface area (Å²) >= 11 is 0. The lowest BCUT2D eigenvalue weighted by Gasteiger charge is -2.25. The van der Waals surface area contributed by atoms with Crippen molar-refractivity contribution in [3.05, 3.63) is 33.7 Å². The SMILES string of the molecule is Cc1cc(CC2CCC2)c2c(c1)n(C)c(=O)n2C. The maximum atomic E-state index is 12.0. The molecule has 18 heavy (non-hydrogen) atoms. The number of aromatic nitrogens is 2. The molecule has 0 radical (unpaired) electrons. The Kier molecular flexibility index (Phi) is 2.58. The minimum atomic E-state index is 0.0745. The van der Waals surface area contributed by atoms with Gasteiger partial charge in [0.2, 0.25) is 0 Å². The fourth-order valence-electron chi connectivity index (χ4n) is 3.06. The molecule has 0 N–H and O–H groups in total. The van der Waals surface area contributed by atoms with Crippen LogP contribution in [-0.2, 0) is 20.5 Å². The molecule has 0 spiro atoms. The number of benzene rings is 1. The van der Waals surface area contributed by atoms with Crippen molar-refractivity contribution in [1.82, 2.24) is 9.13 Å². The van der Waals surface area contributed by atoms with E-state index in [1.54, 1.807) is 9.13 Å². The first kappa shape index (κ1) is 11.6. The van der Waals surface area contributed by atoms with E-state index in [0.717, 1.165) is 23.4 Å². The molecule has 1 aromatic carbocycles. The van der Waals surface area contributed by atoms with Gasteiger partial charge in [0, 0.05) is 14.1 Å². The molecule has 1 aromatic heterocycles. The van der Waals surface area contributed by atoms with E-state index in [2.05, 4.69) is 19.1 Å². The summed E-state index contributed by atoms with van der Waals surface area (Å²) in [5.74, 6) is 0.824. The van der Waals surface area contributed by atoms with Crippen molar-refractivity contribution in [1.29, 1.82) is 0 Å². The number of hydrogen-bond donors (Lipinski definition) is 0. The van der Waals surface area contributed by atoms with Gasteiger partial charge in [0.15, 0.2) is 0 Å². The van der Waals surface area contributed by atoms with E-state index in [0.29, 0.717) is 0 Å². The highest BCUT2D eigenvalue weighted by molar-refractivity contribution is 5.80. The number of aryl methyl sites for hydroxylation is 3. The fourth-order valence-corrected chi connectivity index (χ4v) is 3.06. The van der Waals surface area contributed by atoms with E-state index in [4.69, 9.17) is 0 Å². The summed E-state index contributed by atoms with van der Waals surface area (Å²) in [6.45, 7) is 2.11. The summed E-state index contributed by atoms with van der Waals surface area (Å²) in [5.41, 5.74) is 4.86. The quantitative estimate of drug-likeness (QED) is 0.797. The molecule has 3 heteroatoms. The van der Waals surface area contributed by atoms with Crippen LogP contribution in [0.25, 0.3) is 11.0 Å². The summed E-state index contributed by atoms with van der Waals surface area (Å²) in [5, 5.41) is 0. The van der Waals surface area contributed by atoms with Crippen molar-refractivity contribution >= 4 is 11.0 Å². The first-order valence-corrected chi connectivity index (χ1v) is 6.73. The molecule has 0 amide bonds. The van der Waals surface area contributed by atoms with Gasteiger partial charge in [-0.25, -0.2) is 4.79 Å². The third kappa shape index (κ3) is 1.61. The lowest BCUT2D eigenvalue weighted by molar-refractivity contribution is 0.315. The molecule has 1 fully saturated rings. The monoisotopic (exact) mass is 244 g/mol. The van der Waals surface area contributed by atoms with Crippen LogP contribution < -0.4 is 5.69 Å². The summed E-state index contributed by atoms with van der Waals surface area (Å²) in [4.78, 5) is 12.0. The first-order valence-electron chi connectivity index (χ1n) is 6.73. The highest BCUT2D eigenvalue weighted by Crippen LogP contribution is 2.32. The van der Waals surface area contributed by atoms with Crippen molar-refractivity contribution in [3.63, 3.8) is 0 Å². The van der Waals surface area contributed by atoms with Crippen LogP contribution >= 0.6 is 0 Å². The van der Waals surface area contributed by atoms with Crippen LogP contribution in [0.15, 0.2) is 16.9 Å². The smallest absolute Gasteiger partial charge is 0.295 e. The molecule has 96 valence electrons. The highest BCUT2D eigenvalue weighted by Gasteiger charge is 2.21. The average Bonchev–Trinajstić information content (AvgIpc) is 2.49. The van der Waals surface area contributed by atoms with Crippen molar-refractivity contribution in [2.45, 2.75) is 32.6 Å². The summed E-state index contributed by atoms with van der Waals surface area (Å²) < 4.78 is 3.55. The molecular formula is C15H20N2O. The van der Waals surface area contributed by atoms with Crippen molar-refractivity contribution in [2.75, 3.05) is 0 Å². The van der Waals surface area contributed by atoms with Gasteiger partial charge in [0.1, 0.15) is 0 Å². The molecule has 0 aliphatic heterocycles. The first-order chi connectivity index (χ1) is 8.58. The Morgan fingerprint density at radius 1 is 1.22 bits per heavy atom. The van der Waals surface area contributed by atoms with E-state index < -0.39 is 0 Å². The minimum absolute atomic E-state index is 0.0745. The van der Waals surface area contributed by atoms with E-state index in [-0.39, 0.29) is 5.69 Å². The van der Waals surface area contributed by atoms with Gasteiger partial charge in [0.05, 0.1) is 11.0 Å². The Morgan fingerprint density at radius 2 is 1.94 bits per heavy atom. The topological polar surface area (TPSA) is 26.9 Å². The average molecular weight is 244 g/mol. The third-order valence-corrected chi connectivity index (χ3v) is 4.32. The normalized spacial score (nSPS) is 16.2. The largest absolute Gasteiger partial charge is 0.328 e. The van der Waals surface area contributed by atoms with Gasteiger partial charge in [-0.3, -0.25) is 9.13 Å². The molecule has 1 aliphatic carbocycles. The van der Waals surface area contributed by atoms with Crippen LogP contribution in [0.1, 0.15) is 30.4 Å². The number of hydrogen-bond acceptors (Lipinski definition) is 1. The Labute approximate surface area is 107 Å². The molecule has 1 heterocycles. The maximum Gasteiger partial charge on any atom is 0.328 e. The highest BCUT2D eigenvalue weighted by atomic mass is 16.1. The minimum Gasteiger partial charge on any atom is -0.295 e. The molecule has 3 nitrogen and oxygen atoms in total. The van der Waals surface area contributed by atoms with E-state index in [1.807, 2.05) is 14.1 Å². The maximum absolute atomic E-state index is 12.0. The molecule has 0 unspecified atom stereocenters. The molecule has 1 aliphatic rings. The number of nitrogens with zero attached hydrogens (tertiary/aromatic N) is 2. The molecule has 3 rings (SSSR count). The van der Waals surface area contributed by atoms with Crippen molar-refractivity contribution in [3.8, 4) is 0 Å². The standard InChI is InChI=1S/C15H20N2O/c1-10-7-12(9-11-5-4-6-11)14-13(8-10)16(2)15(18)17(14)3/h7-8,11H,4-6,9H2,1-3H3. The summed E-state index contributed by atoms with van der Waals surface area (Å²) in [6.07, 6.45) is 5.18. The number of rotatable bonds is 2. The summed E-state index contributed by atoms with van der Waals surface area (Å²) in [7, 11) is 3.74. The van der Waals surface area contributed by atoms with Crippen LogP contribution in [0.2, 0.25) is 0 Å². The molecule has 0 atom stereocenters. The van der Waals surface area contributed by atoms with Gasteiger partial charge in [-0.05, 0) is 36.5 Å². The predicted octanol–water partition coefficient (Wildman–Crippen LogP) is 2.53. The second-order valence-corrected chi connectivity index (χ2v) is 5.69. The number of fused-ring (bicyclic) bond motifs is 1. The van der Waals surface area contributed by atoms with Gasteiger partial charge >= 0.3 is 5.69 Å². The van der Waals surface area contributed by atoms with Crippen molar-refractivity contribution < 1.29 is 0 Å². The van der Waals surface area contributed by atoms with Gasteiger partial charge < -0.3 is 0 Å². The van der Waals surface area contributed by atoms with Crippen LogP contribution in [-0.4, -0.2) is 9.13 Å². The van der Waals surface area contributed by atoms with E-state index in [9.17, 15) is 4.79 Å². The van der Waals surface area contributed by atoms with Gasteiger partial charge in [0.25, 0.3) is 0 Å². The second-order valence-electron chi connectivity index (χ2n) is 5.69. The Bertz CT molecular complexity index is 659. The van der Waals surface area contributed by atoms with Crippen LogP contribution in [0.5, 0.6) is 0 Å². The number of imidazole rings is 1. The van der Waals surface area contributed by atoms with E-state index >= 15 is 0 Å². The molecule has 0 saturated heterocycles.